The Morgan fingerprint density at radius 3 is 2.15 bits per heavy atom. The molecule has 3 rings (SSSR count). The summed E-state index contributed by atoms with van der Waals surface area (Å²) < 4.78 is 0. The minimum absolute atomic E-state index is 0.183. The van der Waals surface area contributed by atoms with Gasteiger partial charge in [-0.15, -0.1) is 11.8 Å². The summed E-state index contributed by atoms with van der Waals surface area (Å²) in [7, 11) is 0. The molecule has 0 atom stereocenters. The molecule has 134 valence electrons. The molecule has 0 saturated carbocycles. The van der Waals surface area contributed by atoms with Gasteiger partial charge in [-0.1, -0.05) is 60.5 Å². The van der Waals surface area contributed by atoms with Crippen molar-refractivity contribution in [2.24, 2.45) is 0 Å². The van der Waals surface area contributed by atoms with E-state index < -0.39 is 0 Å². The van der Waals surface area contributed by atoms with Gasteiger partial charge in [0.25, 0.3) is 11.8 Å². The molecule has 0 aliphatic carbocycles. The topological polar surface area (TPSA) is 37.4 Å². The molecule has 2 aromatic carbocycles. The zero-order valence-corrected chi connectivity index (χ0v) is 16.4. The first-order chi connectivity index (χ1) is 12.4. The number of benzene rings is 2. The molecule has 0 saturated heterocycles. The molecule has 0 spiro atoms. The Hall–Kier alpha value is -2.33. The summed E-state index contributed by atoms with van der Waals surface area (Å²) in [5.74, 6) is 0.372. The minimum Gasteiger partial charge on any atom is -0.269 e. The number of carbonyl (C=O) groups is 2. The van der Waals surface area contributed by atoms with E-state index in [1.807, 2.05) is 64.1 Å². The van der Waals surface area contributed by atoms with E-state index in [1.165, 1.54) is 16.7 Å². The van der Waals surface area contributed by atoms with Crippen molar-refractivity contribution < 1.29 is 9.59 Å². The molecule has 2 aromatic rings. The fraction of sp³-hybridized carbons (Fsp3) is 0.273. The molecular weight excluding hydrogens is 342 g/mol. The largest absolute Gasteiger partial charge is 0.269 e. The van der Waals surface area contributed by atoms with Crippen LogP contribution in [-0.2, 0) is 16.1 Å². The maximum Gasteiger partial charge on any atom is 0.268 e. The first-order valence-electron chi connectivity index (χ1n) is 8.78. The summed E-state index contributed by atoms with van der Waals surface area (Å²) in [6.45, 7) is 8.34. The predicted octanol–water partition coefficient (Wildman–Crippen LogP) is 4.65. The van der Waals surface area contributed by atoms with E-state index in [0.29, 0.717) is 17.0 Å². The predicted molar refractivity (Wildman–Crippen MR) is 108 cm³/mol. The van der Waals surface area contributed by atoms with Crippen LogP contribution in [0, 0.1) is 20.8 Å². The van der Waals surface area contributed by atoms with E-state index in [9.17, 15) is 9.59 Å². The smallest absolute Gasteiger partial charge is 0.268 e. The Balaban J connectivity index is 1.99. The molecule has 0 N–H and O–H groups in total. The highest BCUT2D eigenvalue weighted by atomic mass is 32.2. The van der Waals surface area contributed by atoms with Crippen LogP contribution in [0.1, 0.15) is 34.7 Å². The van der Waals surface area contributed by atoms with Crippen LogP contribution in [0.5, 0.6) is 0 Å². The van der Waals surface area contributed by atoms with E-state index in [0.717, 1.165) is 33.6 Å². The molecule has 0 aromatic heterocycles. The van der Waals surface area contributed by atoms with Crippen LogP contribution in [0.3, 0.4) is 0 Å². The number of rotatable bonds is 5. The molecule has 2 amide bonds. The maximum atomic E-state index is 13.1. The van der Waals surface area contributed by atoms with E-state index in [1.54, 1.807) is 0 Å². The molecule has 26 heavy (non-hydrogen) atoms. The van der Waals surface area contributed by atoms with Gasteiger partial charge in [0.05, 0.1) is 17.0 Å². The lowest BCUT2D eigenvalue weighted by Crippen LogP contribution is -2.31. The first-order valence-corrected chi connectivity index (χ1v) is 9.77. The summed E-state index contributed by atoms with van der Waals surface area (Å²) in [6, 6.07) is 13.9. The second-order valence-corrected chi connectivity index (χ2v) is 7.91. The van der Waals surface area contributed by atoms with Crippen molar-refractivity contribution in [3.8, 4) is 0 Å². The summed E-state index contributed by atoms with van der Waals surface area (Å²) in [5.41, 5.74) is 5.68. The second kappa shape index (κ2) is 7.50. The number of hydrogen-bond acceptors (Lipinski definition) is 3. The molecule has 1 aliphatic heterocycles. The van der Waals surface area contributed by atoms with Gasteiger partial charge < -0.3 is 0 Å². The normalized spacial score (nSPS) is 14.5. The average molecular weight is 365 g/mol. The SMILES string of the molecule is CCSC1=C(c2ccc(C)cc2C)C(=O)N(Cc2ccc(C)cc2)C1=O. The lowest BCUT2D eigenvalue weighted by atomic mass is 9.99. The molecule has 0 bridgehead atoms. The third-order valence-corrected chi connectivity index (χ3v) is 5.48. The zero-order valence-electron chi connectivity index (χ0n) is 15.6. The Bertz CT molecular complexity index is 897. The molecule has 3 nitrogen and oxygen atoms in total. The third kappa shape index (κ3) is 3.47. The van der Waals surface area contributed by atoms with Gasteiger partial charge in [-0.25, -0.2) is 0 Å². The second-order valence-electron chi connectivity index (χ2n) is 6.64. The van der Waals surface area contributed by atoms with Gasteiger partial charge in [-0.2, -0.15) is 0 Å². The van der Waals surface area contributed by atoms with Crippen molar-refractivity contribution in [1.29, 1.82) is 0 Å². The summed E-state index contributed by atoms with van der Waals surface area (Å²) in [5, 5.41) is 0. The number of hydrogen-bond donors (Lipinski definition) is 0. The van der Waals surface area contributed by atoms with E-state index in [-0.39, 0.29) is 11.8 Å². The Morgan fingerprint density at radius 1 is 0.885 bits per heavy atom. The third-order valence-electron chi connectivity index (χ3n) is 4.53. The van der Waals surface area contributed by atoms with Crippen LogP contribution in [0.4, 0.5) is 0 Å². The van der Waals surface area contributed by atoms with E-state index in [4.69, 9.17) is 0 Å². The van der Waals surface area contributed by atoms with Crippen molar-refractivity contribution in [3.05, 3.63) is 75.2 Å². The van der Waals surface area contributed by atoms with Gasteiger partial charge in [-0.05, 0) is 43.2 Å². The molecule has 1 heterocycles. The highest BCUT2D eigenvalue weighted by Crippen LogP contribution is 2.37. The van der Waals surface area contributed by atoms with Crippen LogP contribution in [-0.4, -0.2) is 22.5 Å². The fourth-order valence-electron chi connectivity index (χ4n) is 3.18. The number of nitrogens with zero attached hydrogens (tertiary/aromatic N) is 1. The number of imide groups is 1. The van der Waals surface area contributed by atoms with Gasteiger partial charge in [-0.3, -0.25) is 14.5 Å². The Morgan fingerprint density at radius 2 is 1.54 bits per heavy atom. The Kier molecular flexibility index (Phi) is 5.33. The number of aryl methyl sites for hydroxylation is 3. The van der Waals surface area contributed by atoms with Crippen LogP contribution >= 0.6 is 11.8 Å². The maximum absolute atomic E-state index is 13.1. The average Bonchev–Trinajstić information content (AvgIpc) is 2.82. The number of amides is 2. The monoisotopic (exact) mass is 365 g/mol. The van der Waals surface area contributed by atoms with Crippen molar-refractivity contribution in [3.63, 3.8) is 0 Å². The van der Waals surface area contributed by atoms with Crippen LogP contribution in [0.2, 0.25) is 0 Å². The fourth-order valence-corrected chi connectivity index (χ4v) is 4.05. The van der Waals surface area contributed by atoms with E-state index >= 15 is 0 Å². The summed E-state index contributed by atoms with van der Waals surface area (Å²) in [6.07, 6.45) is 0. The van der Waals surface area contributed by atoms with Crippen molar-refractivity contribution in [2.75, 3.05) is 5.75 Å². The van der Waals surface area contributed by atoms with Gasteiger partial charge >= 0.3 is 0 Å². The Labute approximate surface area is 159 Å². The molecule has 0 unspecified atom stereocenters. The highest BCUT2D eigenvalue weighted by Gasteiger charge is 2.39. The molecule has 4 heteroatoms. The molecule has 0 radical (unpaired) electrons. The lowest BCUT2D eigenvalue weighted by molar-refractivity contribution is -0.137. The van der Waals surface area contributed by atoms with Crippen LogP contribution in [0.15, 0.2) is 47.4 Å². The zero-order chi connectivity index (χ0) is 18.8. The van der Waals surface area contributed by atoms with Gasteiger partial charge in [0, 0.05) is 0 Å². The van der Waals surface area contributed by atoms with Gasteiger partial charge in [0.2, 0.25) is 0 Å². The number of carbonyl (C=O) groups excluding carboxylic acids is 2. The highest BCUT2D eigenvalue weighted by molar-refractivity contribution is 8.04. The molecular formula is C22H23NO2S. The standard InChI is InChI=1S/C22H23NO2S/c1-5-26-20-19(18-11-8-15(3)12-16(18)4)21(24)23(22(20)25)13-17-9-6-14(2)7-10-17/h6-12H,5,13H2,1-4H3. The van der Waals surface area contributed by atoms with E-state index in [2.05, 4.69) is 6.07 Å². The van der Waals surface area contributed by atoms with Gasteiger partial charge in [0.1, 0.15) is 0 Å². The molecule has 1 aliphatic rings. The number of thioether (sulfide) groups is 1. The van der Waals surface area contributed by atoms with Crippen LogP contribution < -0.4 is 0 Å². The summed E-state index contributed by atoms with van der Waals surface area (Å²) in [4.78, 5) is 28.0. The van der Waals surface area contributed by atoms with Gasteiger partial charge in [0.15, 0.2) is 0 Å². The lowest BCUT2D eigenvalue weighted by Gasteiger charge is -2.15. The quantitative estimate of drug-likeness (QED) is 0.724. The van der Waals surface area contributed by atoms with Crippen molar-refractivity contribution in [2.45, 2.75) is 34.2 Å². The van der Waals surface area contributed by atoms with Crippen molar-refractivity contribution >= 4 is 29.1 Å². The first kappa shape index (κ1) is 18.5. The summed E-state index contributed by atoms with van der Waals surface area (Å²) >= 11 is 1.45. The minimum atomic E-state index is -0.196. The van der Waals surface area contributed by atoms with Crippen molar-refractivity contribution in [1.82, 2.24) is 4.90 Å². The molecule has 0 fully saturated rings. The van der Waals surface area contributed by atoms with Crippen LogP contribution in [0.25, 0.3) is 5.57 Å².